The summed E-state index contributed by atoms with van der Waals surface area (Å²) in [5.41, 5.74) is 1.93. The van der Waals surface area contributed by atoms with E-state index in [1.165, 1.54) is 0 Å². The highest BCUT2D eigenvalue weighted by atomic mass is 79.9. The van der Waals surface area contributed by atoms with Crippen LogP contribution in [0.2, 0.25) is 0 Å². The maximum Gasteiger partial charge on any atom is 0.155 e. The quantitative estimate of drug-likeness (QED) is 0.925. The number of rotatable bonds is 4. The Bertz CT molecular complexity index is 521. The molecule has 0 amide bonds. The molecule has 0 bridgehead atoms. The van der Waals surface area contributed by atoms with Crippen molar-refractivity contribution >= 4 is 37.5 Å². The molecule has 1 N–H and O–H groups in total. The number of aromatic nitrogens is 3. The summed E-state index contributed by atoms with van der Waals surface area (Å²) in [4.78, 5) is 8.38. The summed E-state index contributed by atoms with van der Waals surface area (Å²) in [6.07, 6.45) is 5.48. The third kappa shape index (κ3) is 2.69. The molecule has 0 fully saturated rings. The van der Waals surface area contributed by atoms with E-state index in [1.807, 2.05) is 16.8 Å². The zero-order valence-electron chi connectivity index (χ0n) is 8.45. The van der Waals surface area contributed by atoms with E-state index >= 15 is 0 Å². The van der Waals surface area contributed by atoms with Crippen molar-refractivity contribution in [3.05, 3.63) is 39.9 Å². The largest absolute Gasteiger partial charge is 0.307 e. The highest BCUT2D eigenvalue weighted by molar-refractivity contribution is 9.11. The van der Waals surface area contributed by atoms with Crippen LogP contribution >= 0.6 is 31.9 Å². The van der Waals surface area contributed by atoms with Crippen LogP contribution in [-0.2, 0) is 6.54 Å². The second kappa shape index (κ2) is 5.07. The van der Waals surface area contributed by atoms with E-state index in [-0.39, 0.29) is 0 Å². The standard InChI is InChI=1S/C10H10Br2N4/c1-7(11)2-13-3-8-4-15-10-5-14-9(12)6-16(8)10/h4-6,13H,1-3H2. The first-order valence-corrected chi connectivity index (χ1v) is 6.27. The predicted octanol–water partition coefficient (Wildman–Crippen LogP) is 2.49. The summed E-state index contributed by atoms with van der Waals surface area (Å²) in [6, 6.07) is 0. The van der Waals surface area contributed by atoms with Gasteiger partial charge in [-0.25, -0.2) is 9.97 Å². The number of hydrogen-bond donors (Lipinski definition) is 1. The van der Waals surface area contributed by atoms with Crippen LogP contribution in [0.25, 0.3) is 5.65 Å². The van der Waals surface area contributed by atoms with Crippen molar-refractivity contribution in [1.29, 1.82) is 0 Å². The van der Waals surface area contributed by atoms with Gasteiger partial charge in [-0.15, -0.1) is 0 Å². The Kier molecular flexibility index (Phi) is 3.73. The lowest BCUT2D eigenvalue weighted by molar-refractivity contribution is 0.730. The third-order valence-corrected chi connectivity index (χ3v) is 2.75. The fourth-order valence-corrected chi connectivity index (χ4v) is 1.88. The van der Waals surface area contributed by atoms with Crippen molar-refractivity contribution in [3.8, 4) is 0 Å². The monoisotopic (exact) mass is 344 g/mol. The lowest BCUT2D eigenvalue weighted by Gasteiger charge is -2.03. The molecule has 84 valence electrons. The van der Waals surface area contributed by atoms with Crippen LogP contribution in [0.5, 0.6) is 0 Å². The van der Waals surface area contributed by atoms with Crippen LogP contribution < -0.4 is 5.32 Å². The molecular formula is C10H10Br2N4. The Balaban J connectivity index is 2.17. The molecule has 4 nitrogen and oxygen atoms in total. The summed E-state index contributed by atoms with van der Waals surface area (Å²) in [7, 11) is 0. The molecule has 0 aliphatic heterocycles. The van der Waals surface area contributed by atoms with Crippen LogP contribution in [0.3, 0.4) is 0 Å². The maximum absolute atomic E-state index is 4.26. The normalized spacial score (nSPS) is 10.9. The summed E-state index contributed by atoms with van der Waals surface area (Å²) >= 11 is 6.64. The summed E-state index contributed by atoms with van der Waals surface area (Å²) in [5.74, 6) is 0. The molecule has 16 heavy (non-hydrogen) atoms. The van der Waals surface area contributed by atoms with Gasteiger partial charge in [0.2, 0.25) is 0 Å². The molecular weight excluding hydrogens is 336 g/mol. The minimum Gasteiger partial charge on any atom is -0.307 e. The van der Waals surface area contributed by atoms with Crippen LogP contribution in [0.4, 0.5) is 0 Å². The molecule has 2 aromatic rings. The molecule has 6 heteroatoms. The zero-order valence-corrected chi connectivity index (χ0v) is 11.6. The maximum atomic E-state index is 4.26. The summed E-state index contributed by atoms with van der Waals surface area (Å²) in [6.45, 7) is 5.24. The van der Waals surface area contributed by atoms with Gasteiger partial charge in [-0.2, -0.15) is 0 Å². The number of imidazole rings is 1. The minimum atomic E-state index is 0.736. The Morgan fingerprint density at radius 1 is 1.44 bits per heavy atom. The SMILES string of the molecule is C=C(Br)CNCc1cnc2cnc(Br)cn12. The second-order valence-electron chi connectivity index (χ2n) is 3.31. The van der Waals surface area contributed by atoms with Crippen LogP contribution in [0.15, 0.2) is 34.3 Å². The van der Waals surface area contributed by atoms with Gasteiger partial charge in [-0.3, -0.25) is 4.40 Å². The molecule has 0 aliphatic carbocycles. The van der Waals surface area contributed by atoms with Gasteiger partial charge in [0.05, 0.1) is 18.1 Å². The smallest absolute Gasteiger partial charge is 0.155 e. The Hall–Kier alpha value is -0.720. The van der Waals surface area contributed by atoms with E-state index in [4.69, 9.17) is 0 Å². The van der Waals surface area contributed by atoms with Gasteiger partial charge in [-0.1, -0.05) is 22.5 Å². The fraction of sp³-hybridized carbons (Fsp3) is 0.200. The number of nitrogens with one attached hydrogen (secondary N) is 1. The Morgan fingerprint density at radius 2 is 2.25 bits per heavy atom. The second-order valence-corrected chi connectivity index (χ2v) is 5.24. The van der Waals surface area contributed by atoms with E-state index < -0.39 is 0 Å². The van der Waals surface area contributed by atoms with Gasteiger partial charge in [0.15, 0.2) is 5.65 Å². The fourth-order valence-electron chi connectivity index (χ4n) is 1.37. The number of fused-ring (bicyclic) bond motifs is 1. The molecule has 0 aliphatic rings. The van der Waals surface area contributed by atoms with Gasteiger partial charge in [0, 0.05) is 23.8 Å². The summed E-state index contributed by atoms with van der Waals surface area (Å²) < 4.78 is 3.73. The lowest BCUT2D eigenvalue weighted by atomic mass is 10.4. The molecule has 0 unspecified atom stereocenters. The van der Waals surface area contributed by atoms with Gasteiger partial charge in [0.1, 0.15) is 4.60 Å². The zero-order chi connectivity index (χ0) is 11.5. The predicted molar refractivity (Wildman–Crippen MR) is 70.5 cm³/mol. The summed E-state index contributed by atoms with van der Waals surface area (Å²) in [5, 5.41) is 3.26. The minimum absolute atomic E-state index is 0.736. The van der Waals surface area contributed by atoms with Gasteiger partial charge in [0.25, 0.3) is 0 Å². The average molecular weight is 346 g/mol. The first kappa shape index (κ1) is 11.8. The van der Waals surface area contributed by atoms with E-state index in [0.29, 0.717) is 0 Å². The average Bonchev–Trinajstić information content (AvgIpc) is 2.60. The molecule has 0 saturated heterocycles. The first-order valence-electron chi connectivity index (χ1n) is 4.68. The van der Waals surface area contributed by atoms with Crippen LogP contribution in [0, 0.1) is 0 Å². The van der Waals surface area contributed by atoms with Gasteiger partial charge >= 0.3 is 0 Å². The molecule has 0 aromatic carbocycles. The molecule has 0 saturated carbocycles. The third-order valence-electron chi connectivity index (χ3n) is 2.06. The van der Waals surface area contributed by atoms with E-state index in [0.717, 1.165) is 33.5 Å². The highest BCUT2D eigenvalue weighted by Gasteiger charge is 2.03. The highest BCUT2D eigenvalue weighted by Crippen LogP contribution is 2.10. The van der Waals surface area contributed by atoms with Crippen molar-refractivity contribution in [2.24, 2.45) is 0 Å². The van der Waals surface area contributed by atoms with E-state index in [2.05, 4.69) is 53.7 Å². The molecule has 0 spiro atoms. The van der Waals surface area contributed by atoms with Crippen molar-refractivity contribution < 1.29 is 0 Å². The molecule has 0 radical (unpaired) electrons. The number of hydrogen-bond acceptors (Lipinski definition) is 3. The lowest BCUT2D eigenvalue weighted by Crippen LogP contribution is -2.15. The number of halogens is 2. The van der Waals surface area contributed by atoms with Crippen molar-refractivity contribution in [2.75, 3.05) is 6.54 Å². The topological polar surface area (TPSA) is 42.2 Å². The van der Waals surface area contributed by atoms with Crippen molar-refractivity contribution in [3.63, 3.8) is 0 Å². The van der Waals surface area contributed by atoms with E-state index in [1.54, 1.807) is 6.20 Å². The van der Waals surface area contributed by atoms with Crippen LogP contribution in [-0.4, -0.2) is 20.9 Å². The molecule has 0 atom stereocenters. The van der Waals surface area contributed by atoms with Gasteiger partial charge in [-0.05, 0) is 15.9 Å². The van der Waals surface area contributed by atoms with Gasteiger partial charge < -0.3 is 5.32 Å². The van der Waals surface area contributed by atoms with Crippen molar-refractivity contribution in [1.82, 2.24) is 19.7 Å². The van der Waals surface area contributed by atoms with Crippen LogP contribution in [0.1, 0.15) is 5.69 Å². The van der Waals surface area contributed by atoms with Crippen molar-refractivity contribution in [2.45, 2.75) is 6.54 Å². The molecule has 2 heterocycles. The Morgan fingerprint density at radius 3 is 3.00 bits per heavy atom. The molecule has 2 rings (SSSR count). The number of nitrogens with zero attached hydrogens (tertiary/aromatic N) is 3. The Labute approximate surface area is 110 Å². The first-order chi connectivity index (χ1) is 7.66. The van der Waals surface area contributed by atoms with E-state index in [9.17, 15) is 0 Å². The molecule has 2 aromatic heterocycles.